The highest BCUT2D eigenvalue weighted by atomic mass is 79.9. The van der Waals surface area contributed by atoms with Crippen molar-refractivity contribution in [3.63, 3.8) is 0 Å². The molecule has 7 heteroatoms. The van der Waals surface area contributed by atoms with Gasteiger partial charge in [0.1, 0.15) is 29.0 Å². The zero-order valence-corrected chi connectivity index (χ0v) is 18.1. The minimum absolute atomic E-state index is 0.0983. The summed E-state index contributed by atoms with van der Waals surface area (Å²) in [5, 5.41) is 0. The lowest BCUT2D eigenvalue weighted by molar-refractivity contribution is -0.121. The molecule has 0 atom stereocenters. The van der Waals surface area contributed by atoms with Gasteiger partial charge in [0.15, 0.2) is 0 Å². The highest BCUT2D eigenvalue weighted by Crippen LogP contribution is 2.34. The van der Waals surface area contributed by atoms with Crippen LogP contribution in [0.15, 0.2) is 51.8 Å². The van der Waals surface area contributed by atoms with E-state index in [-0.39, 0.29) is 5.91 Å². The Kier molecular flexibility index (Phi) is 6.57. The maximum Gasteiger partial charge on any atom is 0.265 e. The number of carbonyl (C=O) groups excluding carboxylic acids is 1. The fourth-order valence-electron chi connectivity index (χ4n) is 2.47. The molecule has 1 aliphatic rings. The largest absolute Gasteiger partial charge is 0.490 e. The first-order valence-corrected chi connectivity index (χ1v) is 10.3. The number of benzene rings is 2. The quantitative estimate of drug-likeness (QED) is 0.340. The third kappa shape index (κ3) is 4.91. The van der Waals surface area contributed by atoms with E-state index >= 15 is 0 Å². The zero-order chi connectivity index (χ0) is 19.4. The fraction of sp³-hybridized carbons (Fsp3) is 0.200. The van der Waals surface area contributed by atoms with Crippen LogP contribution in [0.5, 0.6) is 11.5 Å². The minimum atomic E-state index is -0.0983. The van der Waals surface area contributed by atoms with E-state index in [1.807, 2.05) is 55.5 Å². The third-order valence-electron chi connectivity index (χ3n) is 3.94. The number of carbonyl (C=O) groups is 1. The second-order valence-electron chi connectivity index (χ2n) is 5.89. The SMILES string of the molecule is Cc1ccccc1OCCOc1ccc(Br)cc1/C=C1/SC(=S)N(C)C1=O. The Morgan fingerprint density at radius 2 is 1.85 bits per heavy atom. The second kappa shape index (κ2) is 8.91. The summed E-state index contributed by atoms with van der Waals surface area (Å²) in [6.07, 6.45) is 1.81. The number of amides is 1. The van der Waals surface area contributed by atoms with Crippen molar-refractivity contribution in [2.45, 2.75) is 6.92 Å². The summed E-state index contributed by atoms with van der Waals surface area (Å²) in [6.45, 7) is 2.83. The number of likely N-dealkylation sites (N-methyl/N-ethyl adjacent to an activating group) is 1. The van der Waals surface area contributed by atoms with Crippen LogP contribution in [0.25, 0.3) is 6.08 Å². The van der Waals surface area contributed by atoms with E-state index in [4.69, 9.17) is 21.7 Å². The zero-order valence-electron chi connectivity index (χ0n) is 14.9. The van der Waals surface area contributed by atoms with E-state index in [1.54, 1.807) is 7.05 Å². The first-order chi connectivity index (χ1) is 13.0. The topological polar surface area (TPSA) is 38.8 Å². The van der Waals surface area contributed by atoms with Gasteiger partial charge in [-0.3, -0.25) is 9.69 Å². The summed E-state index contributed by atoms with van der Waals surface area (Å²) in [4.78, 5) is 14.3. The van der Waals surface area contributed by atoms with Crippen molar-refractivity contribution >= 4 is 56.2 Å². The Balaban J connectivity index is 1.69. The molecule has 0 N–H and O–H groups in total. The molecule has 1 fully saturated rings. The lowest BCUT2D eigenvalue weighted by atomic mass is 10.2. The number of hydrogen-bond donors (Lipinski definition) is 0. The molecule has 0 radical (unpaired) electrons. The van der Waals surface area contributed by atoms with Crippen LogP contribution in [0, 0.1) is 6.92 Å². The van der Waals surface area contributed by atoms with Crippen LogP contribution < -0.4 is 9.47 Å². The van der Waals surface area contributed by atoms with Crippen LogP contribution in [-0.2, 0) is 4.79 Å². The van der Waals surface area contributed by atoms with Crippen LogP contribution >= 0.6 is 39.9 Å². The smallest absolute Gasteiger partial charge is 0.265 e. The molecule has 1 amide bonds. The van der Waals surface area contributed by atoms with Crippen molar-refractivity contribution in [3.8, 4) is 11.5 Å². The number of hydrogen-bond acceptors (Lipinski definition) is 5. The first-order valence-electron chi connectivity index (χ1n) is 8.28. The number of thioether (sulfide) groups is 1. The van der Waals surface area contributed by atoms with Gasteiger partial charge < -0.3 is 9.47 Å². The molecule has 0 spiro atoms. The number of para-hydroxylation sites is 1. The monoisotopic (exact) mass is 463 g/mol. The summed E-state index contributed by atoms with van der Waals surface area (Å²) in [7, 11) is 1.68. The van der Waals surface area contributed by atoms with E-state index in [1.165, 1.54) is 16.7 Å². The highest BCUT2D eigenvalue weighted by molar-refractivity contribution is 9.10. The van der Waals surface area contributed by atoms with Crippen molar-refractivity contribution in [2.75, 3.05) is 20.3 Å². The van der Waals surface area contributed by atoms with Crippen LogP contribution in [0.3, 0.4) is 0 Å². The molecule has 27 heavy (non-hydrogen) atoms. The number of halogens is 1. The fourth-order valence-corrected chi connectivity index (χ4v) is 4.02. The molecule has 140 valence electrons. The molecule has 1 heterocycles. The predicted octanol–water partition coefficient (Wildman–Crippen LogP) is 5.05. The molecule has 0 aromatic heterocycles. The average Bonchev–Trinajstić information content (AvgIpc) is 2.88. The lowest BCUT2D eigenvalue weighted by Crippen LogP contribution is -2.22. The molecule has 4 nitrogen and oxygen atoms in total. The predicted molar refractivity (Wildman–Crippen MR) is 117 cm³/mol. The number of ether oxygens (including phenoxy) is 2. The summed E-state index contributed by atoms with van der Waals surface area (Å²) in [5.41, 5.74) is 1.90. The van der Waals surface area contributed by atoms with Crippen molar-refractivity contribution in [2.24, 2.45) is 0 Å². The van der Waals surface area contributed by atoms with Crippen molar-refractivity contribution in [1.82, 2.24) is 4.90 Å². The van der Waals surface area contributed by atoms with E-state index in [2.05, 4.69) is 15.9 Å². The number of nitrogens with zero attached hydrogens (tertiary/aromatic N) is 1. The van der Waals surface area contributed by atoms with Crippen LogP contribution in [-0.4, -0.2) is 35.4 Å². The molecular formula is C20H18BrNO3S2. The molecule has 3 rings (SSSR count). The molecule has 0 saturated carbocycles. The normalized spacial score (nSPS) is 15.5. The van der Waals surface area contributed by atoms with Crippen molar-refractivity contribution in [3.05, 3.63) is 63.0 Å². The van der Waals surface area contributed by atoms with Gasteiger partial charge in [-0.25, -0.2) is 0 Å². The maximum absolute atomic E-state index is 12.2. The van der Waals surface area contributed by atoms with Crippen LogP contribution in [0.2, 0.25) is 0 Å². The van der Waals surface area contributed by atoms with Crippen LogP contribution in [0.4, 0.5) is 0 Å². The van der Waals surface area contributed by atoms with Gasteiger partial charge in [-0.15, -0.1) is 0 Å². The minimum Gasteiger partial charge on any atom is -0.490 e. The molecule has 1 saturated heterocycles. The Labute approximate surface area is 176 Å². The highest BCUT2D eigenvalue weighted by Gasteiger charge is 2.28. The molecule has 2 aromatic carbocycles. The van der Waals surface area contributed by atoms with Gasteiger partial charge in [0, 0.05) is 17.1 Å². The molecule has 1 aliphatic heterocycles. The molecule has 0 bridgehead atoms. The molecule has 0 unspecified atom stereocenters. The van der Waals surface area contributed by atoms with Gasteiger partial charge in [0.2, 0.25) is 0 Å². The Morgan fingerprint density at radius 3 is 2.52 bits per heavy atom. The van der Waals surface area contributed by atoms with Gasteiger partial charge >= 0.3 is 0 Å². The summed E-state index contributed by atoms with van der Waals surface area (Å²) >= 11 is 9.94. The average molecular weight is 464 g/mol. The van der Waals surface area contributed by atoms with E-state index in [0.29, 0.717) is 28.2 Å². The van der Waals surface area contributed by atoms with Crippen molar-refractivity contribution < 1.29 is 14.3 Å². The lowest BCUT2D eigenvalue weighted by Gasteiger charge is -2.12. The summed E-state index contributed by atoms with van der Waals surface area (Å²) in [6, 6.07) is 13.6. The van der Waals surface area contributed by atoms with E-state index in [0.717, 1.165) is 21.3 Å². The maximum atomic E-state index is 12.2. The molecule has 0 aliphatic carbocycles. The van der Waals surface area contributed by atoms with Gasteiger partial charge in [-0.05, 0) is 42.8 Å². The van der Waals surface area contributed by atoms with Gasteiger partial charge in [-0.1, -0.05) is 58.1 Å². The van der Waals surface area contributed by atoms with Gasteiger partial charge in [0.05, 0.1) is 4.91 Å². The van der Waals surface area contributed by atoms with Gasteiger partial charge in [-0.2, -0.15) is 0 Å². The summed E-state index contributed by atoms with van der Waals surface area (Å²) < 4.78 is 13.1. The Hall–Kier alpha value is -1.83. The molecular weight excluding hydrogens is 446 g/mol. The Bertz CT molecular complexity index is 914. The second-order valence-corrected chi connectivity index (χ2v) is 8.48. The van der Waals surface area contributed by atoms with Gasteiger partial charge in [0.25, 0.3) is 5.91 Å². The molecule has 2 aromatic rings. The standard InChI is InChI=1S/C20H18BrNO3S2/c1-13-5-3-4-6-16(13)24-9-10-25-17-8-7-15(21)11-14(17)12-18-19(23)22(2)20(26)27-18/h3-8,11-12H,9-10H2,1-2H3/b18-12+. The number of rotatable bonds is 6. The number of aryl methyl sites for hydroxylation is 1. The third-order valence-corrected chi connectivity index (χ3v) is 5.92. The van der Waals surface area contributed by atoms with Crippen molar-refractivity contribution in [1.29, 1.82) is 0 Å². The van der Waals surface area contributed by atoms with E-state index in [9.17, 15) is 4.79 Å². The summed E-state index contributed by atoms with van der Waals surface area (Å²) in [5.74, 6) is 1.44. The first kappa shape index (κ1) is 19.9. The number of thiocarbonyl (C=S) groups is 1. The van der Waals surface area contributed by atoms with Crippen LogP contribution in [0.1, 0.15) is 11.1 Å². The van der Waals surface area contributed by atoms with E-state index < -0.39 is 0 Å². The Morgan fingerprint density at radius 1 is 1.15 bits per heavy atom.